The zero-order valence-corrected chi connectivity index (χ0v) is 16.2. The van der Waals surface area contributed by atoms with Gasteiger partial charge in [0.2, 0.25) is 0 Å². The van der Waals surface area contributed by atoms with Gasteiger partial charge in [0, 0.05) is 12.2 Å². The van der Waals surface area contributed by atoms with Crippen LogP contribution < -0.4 is 0 Å². The number of benzene rings is 2. The van der Waals surface area contributed by atoms with Gasteiger partial charge in [-0.25, -0.2) is 18.0 Å². The molecule has 2 aromatic carbocycles. The number of amides is 1. The molecule has 3 rings (SSSR count). The Morgan fingerprint density at radius 1 is 1.13 bits per heavy atom. The Kier molecular flexibility index (Phi) is 7.35. The van der Waals surface area contributed by atoms with Crippen molar-refractivity contribution in [3.8, 4) is 0 Å². The van der Waals surface area contributed by atoms with Crippen LogP contribution in [-0.2, 0) is 16.1 Å². The molecule has 1 amide bonds. The zero-order chi connectivity index (χ0) is 21.5. The molecule has 0 spiro atoms. The normalized spacial score (nSPS) is 16.2. The third kappa shape index (κ3) is 5.33. The second-order valence-electron chi connectivity index (χ2n) is 6.93. The van der Waals surface area contributed by atoms with Gasteiger partial charge in [-0.2, -0.15) is 0 Å². The number of halogens is 3. The third-order valence-corrected chi connectivity index (χ3v) is 4.78. The highest BCUT2D eigenvalue weighted by Gasteiger charge is 2.32. The molecule has 0 saturated heterocycles. The summed E-state index contributed by atoms with van der Waals surface area (Å²) in [5.41, 5.74) is 0.936. The summed E-state index contributed by atoms with van der Waals surface area (Å²) in [6.07, 6.45) is 1.71. The van der Waals surface area contributed by atoms with E-state index < -0.39 is 29.6 Å². The van der Waals surface area contributed by atoms with Crippen LogP contribution >= 0.6 is 0 Å². The first kappa shape index (κ1) is 21.7. The van der Waals surface area contributed by atoms with E-state index in [1.165, 1.54) is 0 Å². The smallest absolute Gasteiger partial charge is 0.412 e. The van der Waals surface area contributed by atoms with Crippen molar-refractivity contribution in [2.24, 2.45) is 0 Å². The van der Waals surface area contributed by atoms with E-state index >= 15 is 0 Å². The van der Waals surface area contributed by atoms with E-state index in [1.54, 1.807) is 0 Å². The predicted molar refractivity (Wildman–Crippen MR) is 104 cm³/mol. The number of carboxylic acid groups (broad SMARTS) is 1. The van der Waals surface area contributed by atoms with Crippen LogP contribution in [0.4, 0.5) is 18.0 Å². The number of carbonyl (C=O) groups is 1. The van der Waals surface area contributed by atoms with Crippen LogP contribution in [0.2, 0.25) is 0 Å². The highest BCUT2D eigenvalue weighted by molar-refractivity contribution is 5.81. The average Bonchev–Trinajstić information content (AvgIpc) is 2.74. The Hall–Kier alpha value is -3.00. The van der Waals surface area contributed by atoms with Crippen LogP contribution in [0.15, 0.2) is 48.7 Å². The fourth-order valence-electron chi connectivity index (χ4n) is 3.30. The van der Waals surface area contributed by atoms with Crippen molar-refractivity contribution in [1.82, 2.24) is 4.90 Å². The molecule has 2 aromatic rings. The standard InChI is InChI=1S/C22H22F3NO4/c23-18-10-16(11-19(24)21(18)25)20-14-30-13-17(26(20)22(27)28)8-4-5-9-29-12-15-6-2-1-3-7-15/h1-3,6-7,10-11,14,17H,4-5,8-9,12-13H2,(H,27,28)/t17-/m0/s1. The molecule has 0 radical (unpaired) electrons. The second-order valence-corrected chi connectivity index (χ2v) is 6.93. The van der Waals surface area contributed by atoms with E-state index in [9.17, 15) is 23.1 Å². The van der Waals surface area contributed by atoms with Gasteiger partial charge in [0.25, 0.3) is 0 Å². The number of unbranched alkanes of at least 4 members (excludes halogenated alkanes) is 1. The Bertz CT molecular complexity index is 882. The summed E-state index contributed by atoms with van der Waals surface area (Å²) in [4.78, 5) is 12.8. The maximum atomic E-state index is 13.6. The predicted octanol–water partition coefficient (Wildman–Crippen LogP) is 5.17. The Morgan fingerprint density at radius 2 is 1.83 bits per heavy atom. The molecule has 0 bridgehead atoms. The van der Waals surface area contributed by atoms with Crippen molar-refractivity contribution in [2.75, 3.05) is 13.2 Å². The molecule has 0 aliphatic carbocycles. The monoisotopic (exact) mass is 421 g/mol. The number of hydrogen-bond donors (Lipinski definition) is 1. The van der Waals surface area contributed by atoms with Gasteiger partial charge in [-0.15, -0.1) is 0 Å². The van der Waals surface area contributed by atoms with E-state index in [1.807, 2.05) is 30.3 Å². The van der Waals surface area contributed by atoms with Crippen molar-refractivity contribution in [2.45, 2.75) is 31.9 Å². The lowest BCUT2D eigenvalue weighted by molar-refractivity contribution is 0.0930. The number of ether oxygens (including phenoxy) is 2. The lowest BCUT2D eigenvalue weighted by atomic mass is 10.0. The highest BCUT2D eigenvalue weighted by atomic mass is 19.2. The van der Waals surface area contributed by atoms with Gasteiger partial charge in [0.1, 0.15) is 12.9 Å². The number of rotatable bonds is 8. The van der Waals surface area contributed by atoms with Crippen LogP contribution in [-0.4, -0.2) is 35.4 Å². The summed E-state index contributed by atoms with van der Waals surface area (Å²) in [7, 11) is 0. The topological polar surface area (TPSA) is 59.0 Å². The van der Waals surface area contributed by atoms with Crippen LogP contribution in [0.3, 0.4) is 0 Å². The molecular weight excluding hydrogens is 399 g/mol. The van der Waals surface area contributed by atoms with Gasteiger partial charge in [-0.05, 0) is 37.0 Å². The largest absolute Gasteiger partial charge is 0.497 e. The van der Waals surface area contributed by atoms with Crippen LogP contribution in [0, 0.1) is 17.5 Å². The van der Waals surface area contributed by atoms with Gasteiger partial charge in [0.15, 0.2) is 17.5 Å². The van der Waals surface area contributed by atoms with Gasteiger partial charge in [-0.3, -0.25) is 4.90 Å². The van der Waals surface area contributed by atoms with Crippen molar-refractivity contribution in [1.29, 1.82) is 0 Å². The van der Waals surface area contributed by atoms with E-state index in [-0.39, 0.29) is 17.9 Å². The molecule has 8 heteroatoms. The minimum atomic E-state index is -1.61. The average molecular weight is 421 g/mol. The van der Waals surface area contributed by atoms with Gasteiger partial charge < -0.3 is 14.6 Å². The maximum absolute atomic E-state index is 13.6. The lowest BCUT2D eigenvalue weighted by Gasteiger charge is -2.34. The second kappa shape index (κ2) is 10.2. The molecule has 1 aliphatic heterocycles. The molecule has 0 aromatic heterocycles. The summed E-state index contributed by atoms with van der Waals surface area (Å²) < 4.78 is 51.4. The fraction of sp³-hybridized carbons (Fsp3) is 0.318. The van der Waals surface area contributed by atoms with Crippen molar-refractivity contribution in [3.05, 3.63) is 77.3 Å². The molecule has 5 nitrogen and oxygen atoms in total. The van der Waals surface area contributed by atoms with Crippen molar-refractivity contribution >= 4 is 11.8 Å². The molecule has 1 heterocycles. The number of hydrogen-bond acceptors (Lipinski definition) is 3. The van der Waals surface area contributed by atoms with Crippen LogP contribution in [0.1, 0.15) is 30.4 Å². The minimum absolute atomic E-state index is 0.0307. The highest BCUT2D eigenvalue weighted by Crippen LogP contribution is 2.30. The molecule has 30 heavy (non-hydrogen) atoms. The fourth-order valence-corrected chi connectivity index (χ4v) is 3.30. The Morgan fingerprint density at radius 3 is 2.50 bits per heavy atom. The van der Waals surface area contributed by atoms with E-state index in [2.05, 4.69) is 0 Å². The minimum Gasteiger partial charge on any atom is -0.497 e. The molecule has 1 atom stereocenters. The van der Waals surface area contributed by atoms with Crippen molar-refractivity contribution in [3.63, 3.8) is 0 Å². The lowest BCUT2D eigenvalue weighted by Crippen LogP contribution is -2.43. The summed E-state index contributed by atoms with van der Waals surface area (Å²) >= 11 is 0. The first-order valence-corrected chi connectivity index (χ1v) is 9.58. The van der Waals surface area contributed by atoms with E-state index in [0.717, 1.165) is 35.3 Å². The Balaban J connectivity index is 1.56. The summed E-state index contributed by atoms with van der Waals surface area (Å²) in [6.45, 7) is 1.14. The molecule has 0 saturated carbocycles. The SMILES string of the molecule is O=C(O)N1C(c2cc(F)c(F)c(F)c2)=COC[C@@H]1CCCCOCc1ccccc1. The first-order valence-electron chi connectivity index (χ1n) is 9.58. The Labute approximate surface area is 172 Å². The molecule has 1 N–H and O–H groups in total. The molecule has 0 fully saturated rings. The third-order valence-electron chi connectivity index (χ3n) is 4.78. The van der Waals surface area contributed by atoms with Crippen LogP contribution in [0.25, 0.3) is 5.70 Å². The molecular formula is C22H22F3NO4. The van der Waals surface area contributed by atoms with Crippen LogP contribution in [0.5, 0.6) is 0 Å². The quantitative estimate of drug-likeness (QED) is 0.472. The van der Waals surface area contributed by atoms with Gasteiger partial charge in [-0.1, -0.05) is 30.3 Å². The van der Waals surface area contributed by atoms with Gasteiger partial charge in [0.05, 0.1) is 18.3 Å². The summed E-state index contributed by atoms with van der Waals surface area (Å²) in [5, 5.41) is 9.64. The first-order chi connectivity index (χ1) is 14.5. The summed E-state index contributed by atoms with van der Waals surface area (Å²) in [6, 6.07) is 10.7. The number of nitrogens with zero attached hydrogens (tertiary/aromatic N) is 1. The van der Waals surface area contributed by atoms with E-state index in [0.29, 0.717) is 26.1 Å². The zero-order valence-electron chi connectivity index (χ0n) is 16.2. The van der Waals surface area contributed by atoms with E-state index in [4.69, 9.17) is 9.47 Å². The molecule has 1 aliphatic rings. The maximum Gasteiger partial charge on any atom is 0.412 e. The van der Waals surface area contributed by atoms with Crippen molar-refractivity contribution < 1.29 is 32.5 Å². The molecule has 0 unspecified atom stereocenters. The molecule has 160 valence electrons. The van der Waals surface area contributed by atoms with Gasteiger partial charge >= 0.3 is 6.09 Å². The summed E-state index contributed by atoms with van der Waals surface area (Å²) in [5.74, 6) is -4.40.